The minimum atomic E-state index is 0.608. The number of rotatable bonds is 1. The molecule has 0 unspecified atom stereocenters. The van der Waals surface area contributed by atoms with Crippen LogP contribution in [0.25, 0.3) is 0 Å². The normalized spacial score (nSPS) is 9.80. The maximum absolute atomic E-state index is 7.84. The predicted molar refractivity (Wildman–Crippen MR) is 25.6 cm³/mol. The maximum atomic E-state index is 7.84. The Morgan fingerprint density at radius 2 is 2.40 bits per heavy atom. The van der Waals surface area contributed by atoms with Crippen LogP contribution in [-0.4, -0.2) is 10.9 Å². The molecule has 5 heavy (non-hydrogen) atoms. The highest BCUT2D eigenvalue weighted by Crippen LogP contribution is 1.70. The van der Waals surface area contributed by atoms with Crippen LogP contribution in [0, 0.1) is 0 Å². The van der Waals surface area contributed by atoms with Crippen LogP contribution in [0.4, 0.5) is 0 Å². The van der Waals surface area contributed by atoms with Crippen molar-refractivity contribution < 1.29 is 5.11 Å². The second kappa shape index (κ2) is 3.89. The zero-order valence-electron chi connectivity index (χ0n) is 2.76. The zero-order valence-corrected chi connectivity index (χ0v) is 3.65. The molecule has 0 aliphatic heterocycles. The Hall–Kier alpha value is -0.110. The van der Waals surface area contributed by atoms with E-state index >= 15 is 0 Å². The summed E-state index contributed by atoms with van der Waals surface area (Å²) in [5.41, 5.74) is 0. The molecule has 0 aliphatic rings. The molecule has 0 aliphatic carbocycles. The molecule has 0 amide bonds. The van der Waals surface area contributed by atoms with Crippen molar-refractivity contribution in [2.24, 2.45) is 0 Å². The monoisotopic (exact) mass is 90.0 g/mol. The van der Waals surface area contributed by atoms with Crippen molar-refractivity contribution in [1.29, 1.82) is 0 Å². The van der Waals surface area contributed by atoms with Crippen LogP contribution in [0.2, 0.25) is 0 Å². The Morgan fingerprint density at radius 3 is 2.40 bits per heavy atom. The van der Waals surface area contributed by atoms with Gasteiger partial charge in [-0.05, 0) is 6.08 Å². The summed E-state index contributed by atoms with van der Waals surface area (Å²) in [4.78, 5) is 0. The van der Waals surface area contributed by atoms with E-state index in [1.54, 1.807) is 6.08 Å². The van der Waals surface area contributed by atoms with Crippen molar-refractivity contribution in [1.82, 2.24) is 0 Å². The molecular weight excluding hydrogens is 84.1 g/mol. The first-order valence-corrected chi connectivity index (χ1v) is 1.95. The predicted octanol–water partition coefficient (Wildman–Crippen LogP) is 0.988. The molecule has 0 aromatic carbocycles. The first-order valence-electron chi connectivity index (χ1n) is 1.32. The van der Waals surface area contributed by atoms with E-state index in [2.05, 4.69) is 12.6 Å². The second-order valence-corrected chi connectivity index (χ2v) is 0.932. The standard InChI is InChI=1S/C3H6OS/c4-2-1-3-5/h1-2,4-5H,3H2. The molecule has 2 heteroatoms. The molecular formula is C3H6OS. The van der Waals surface area contributed by atoms with E-state index in [1.807, 2.05) is 0 Å². The van der Waals surface area contributed by atoms with Crippen LogP contribution in [0.15, 0.2) is 12.3 Å². The number of aliphatic hydroxyl groups is 1. The van der Waals surface area contributed by atoms with Gasteiger partial charge in [0.15, 0.2) is 0 Å². The summed E-state index contributed by atoms with van der Waals surface area (Å²) in [6.45, 7) is 0. The van der Waals surface area contributed by atoms with Crippen LogP contribution in [0.5, 0.6) is 0 Å². The van der Waals surface area contributed by atoms with Gasteiger partial charge >= 0.3 is 0 Å². The third-order valence-corrected chi connectivity index (χ3v) is 0.422. The van der Waals surface area contributed by atoms with Gasteiger partial charge < -0.3 is 5.11 Å². The summed E-state index contributed by atoms with van der Waals surface area (Å²) in [7, 11) is 0. The molecule has 0 aromatic rings. The Balaban J connectivity index is 2.62. The minimum Gasteiger partial charge on any atom is -0.516 e. The van der Waals surface area contributed by atoms with Crippen LogP contribution >= 0.6 is 12.6 Å². The van der Waals surface area contributed by atoms with Crippen molar-refractivity contribution in [2.45, 2.75) is 0 Å². The van der Waals surface area contributed by atoms with Gasteiger partial charge in [0.1, 0.15) is 0 Å². The lowest BCUT2D eigenvalue weighted by molar-refractivity contribution is 0.473. The number of hydrogen-bond donors (Lipinski definition) is 2. The molecule has 0 radical (unpaired) electrons. The summed E-state index contributed by atoms with van der Waals surface area (Å²) >= 11 is 3.75. The average Bonchev–Trinajstić information content (AvgIpc) is 1.41. The SMILES string of the molecule is OC=CCS. The first-order chi connectivity index (χ1) is 2.41. The van der Waals surface area contributed by atoms with Crippen LogP contribution in [0.3, 0.4) is 0 Å². The minimum absolute atomic E-state index is 0.608. The molecule has 30 valence electrons. The fourth-order valence-electron chi connectivity index (χ4n) is 0.0471. The Kier molecular flexibility index (Phi) is 3.80. The molecule has 0 fully saturated rings. The molecule has 1 N–H and O–H groups in total. The van der Waals surface area contributed by atoms with Crippen LogP contribution in [-0.2, 0) is 0 Å². The number of aliphatic hydroxyl groups excluding tert-OH is 1. The molecule has 0 saturated heterocycles. The molecule has 0 atom stereocenters. The molecule has 0 heterocycles. The van der Waals surface area contributed by atoms with E-state index in [-0.39, 0.29) is 0 Å². The van der Waals surface area contributed by atoms with E-state index in [9.17, 15) is 0 Å². The van der Waals surface area contributed by atoms with Gasteiger partial charge in [0, 0.05) is 5.75 Å². The van der Waals surface area contributed by atoms with E-state index in [1.165, 1.54) is 0 Å². The largest absolute Gasteiger partial charge is 0.516 e. The molecule has 0 rings (SSSR count). The van der Waals surface area contributed by atoms with E-state index in [0.29, 0.717) is 5.75 Å². The van der Waals surface area contributed by atoms with Gasteiger partial charge in [-0.15, -0.1) is 0 Å². The van der Waals surface area contributed by atoms with E-state index < -0.39 is 0 Å². The van der Waals surface area contributed by atoms with Crippen molar-refractivity contribution >= 4 is 12.6 Å². The van der Waals surface area contributed by atoms with Crippen LogP contribution in [0.1, 0.15) is 0 Å². The fraction of sp³-hybridized carbons (Fsp3) is 0.333. The van der Waals surface area contributed by atoms with E-state index in [4.69, 9.17) is 5.11 Å². The Labute approximate surface area is 36.7 Å². The topological polar surface area (TPSA) is 20.2 Å². The summed E-state index contributed by atoms with van der Waals surface area (Å²) < 4.78 is 0. The highest BCUT2D eigenvalue weighted by atomic mass is 32.1. The molecule has 0 aromatic heterocycles. The Morgan fingerprint density at radius 1 is 1.80 bits per heavy atom. The lowest BCUT2D eigenvalue weighted by atomic mass is 10.7. The summed E-state index contributed by atoms with van der Waals surface area (Å²) in [5.74, 6) is 0.608. The van der Waals surface area contributed by atoms with Crippen molar-refractivity contribution in [3.8, 4) is 0 Å². The number of hydrogen-bond acceptors (Lipinski definition) is 2. The number of thiol groups is 1. The van der Waals surface area contributed by atoms with Gasteiger partial charge in [-0.25, -0.2) is 0 Å². The lowest BCUT2D eigenvalue weighted by Crippen LogP contribution is -1.54. The second-order valence-electron chi connectivity index (χ2n) is 0.567. The smallest absolute Gasteiger partial charge is 0.0759 e. The third-order valence-electron chi connectivity index (χ3n) is 0.211. The van der Waals surface area contributed by atoms with Crippen molar-refractivity contribution in [3.63, 3.8) is 0 Å². The summed E-state index contributed by atoms with van der Waals surface area (Å²) in [6, 6.07) is 0. The first kappa shape index (κ1) is 4.89. The van der Waals surface area contributed by atoms with Gasteiger partial charge in [-0.3, -0.25) is 0 Å². The molecule has 1 nitrogen and oxygen atoms in total. The highest BCUT2D eigenvalue weighted by Gasteiger charge is 1.54. The summed E-state index contributed by atoms with van der Waals surface area (Å²) in [5, 5.41) is 7.84. The summed E-state index contributed by atoms with van der Waals surface area (Å²) in [6.07, 6.45) is 2.52. The zero-order chi connectivity index (χ0) is 4.12. The molecule has 0 spiro atoms. The quantitative estimate of drug-likeness (QED) is 0.363. The third kappa shape index (κ3) is 3.89. The van der Waals surface area contributed by atoms with Gasteiger partial charge in [-0.1, -0.05) is 0 Å². The van der Waals surface area contributed by atoms with Gasteiger partial charge in [0.2, 0.25) is 0 Å². The van der Waals surface area contributed by atoms with Gasteiger partial charge in [0.25, 0.3) is 0 Å². The average molecular weight is 90.1 g/mol. The van der Waals surface area contributed by atoms with Crippen LogP contribution < -0.4 is 0 Å². The molecule has 0 saturated carbocycles. The molecule has 0 bridgehead atoms. The van der Waals surface area contributed by atoms with Gasteiger partial charge in [-0.2, -0.15) is 12.6 Å². The Bertz CT molecular complexity index is 33.9. The lowest BCUT2D eigenvalue weighted by Gasteiger charge is -1.65. The highest BCUT2D eigenvalue weighted by molar-refractivity contribution is 7.80. The van der Waals surface area contributed by atoms with Crippen molar-refractivity contribution in [3.05, 3.63) is 12.3 Å². The van der Waals surface area contributed by atoms with E-state index in [0.717, 1.165) is 6.26 Å². The maximum Gasteiger partial charge on any atom is 0.0759 e. The van der Waals surface area contributed by atoms with Crippen molar-refractivity contribution in [2.75, 3.05) is 5.75 Å². The van der Waals surface area contributed by atoms with Gasteiger partial charge in [0.05, 0.1) is 6.26 Å². The fourth-order valence-corrected chi connectivity index (χ4v) is 0.141.